The van der Waals surface area contributed by atoms with Gasteiger partial charge in [0.1, 0.15) is 0 Å². The molecule has 0 aliphatic rings. The van der Waals surface area contributed by atoms with E-state index in [4.69, 9.17) is 28.2 Å². The first-order valence-corrected chi connectivity index (χ1v) is 13.0. The van der Waals surface area contributed by atoms with Gasteiger partial charge in [-0.1, -0.05) is 57.8 Å². The Morgan fingerprint density at radius 1 is 0.571 bits per heavy atom. The highest BCUT2D eigenvalue weighted by Crippen LogP contribution is 2.14. The summed E-state index contributed by atoms with van der Waals surface area (Å²) in [6.07, 6.45) is 15.9. The maximum Gasteiger partial charge on any atom is 0.679 e. The quantitative estimate of drug-likeness (QED) is 0.188. The van der Waals surface area contributed by atoms with Crippen molar-refractivity contribution < 1.29 is 22.4 Å². The van der Waals surface area contributed by atoms with Crippen molar-refractivity contribution >= 4 is 9.05 Å². The molecule has 28 heavy (non-hydrogen) atoms. The van der Waals surface area contributed by atoms with Gasteiger partial charge in [-0.25, -0.2) is 0 Å². The molecule has 7 heteroatoms. The Balaban J connectivity index is 3.46. The van der Waals surface area contributed by atoms with Gasteiger partial charge in [-0.2, -0.15) is 0 Å². The van der Waals surface area contributed by atoms with Crippen molar-refractivity contribution in [2.24, 2.45) is 5.73 Å². The van der Waals surface area contributed by atoms with E-state index in [0.717, 1.165) is 32.5 Å². The summed E-state index contributed by atoms with van der Waals surface area (Å²) in [6, 6.07) is 0. The van der Waals surface area contributed by atoms with E-state index < -0.39 is 9.05 Å². The molecular weight excluding hydrogens is 374 g/mol. The average Bonchev–Trinajstić information content (AvgIpc) is 2.72. The lowest BCUT2D eigenvalue weighted by atomic mass is 10.1. The van der Waals surface area contributed by atoms with Crippen LogP contribution in [-0.2, 0) is 22.4 Å². The van der Waals surface area contributed by atoms with Crippen molar-refractivity contribution in [3.63, 3.8) is 0 Å². The van der Waals surface area contributed by atoms with Crippen LogP contribution in [0.5, 0.6) is 0 Å². The van der Waals surface area contributed by atoms with Crippen LogP contribution in [0.25, 0.3) is 0 Å². The standard InChI is InChI=1S/C21H47NO5Si/c1-4-25-19-15-12-10-8-6-5-7-9-11-13-16-20-26-28(23-2,24-3)27-21-17-14-18-22/h4-22H2,1-3H3. The summed E-state index contributed by atoms with van der Waals surface area (Å²) in [7, 11) is 0.243. The van der Waals surface area contributed by atoms with Gasteiger partial charge < -0.3 is 28.2 Å². The fourth-order valence-electron chi connectivity index (χ4n) is 3.04. The van der Waals surface area contributed by atoms with Gasteiger partial charge in [0.05, 0.1) is 0 Å². The maximum atomic E-state index is 5.85. The molecule has 0 spiro atoms. The smallest absolute Gasteiger partial charge is 0.382 e. The first-order valence-electron chi connectivity index (χ1n) is 11.4. The zero-order chi connectivity index (χ0) is 20.8. The predicted molar refractivity (Wildman–Crippen MR) is 117 cm³/mol. The minimum absolute atomic E-state index is 0.567. The third-order valence-corrected chi connectivity index (χ3v) is 6.91. The average molecular weight is 422 g/mol. The molecule has 0 fully saturated rings. The first kappa shape index (κ1) is 28.0. The molecule has 0 amide bonds. The Morgan fingerprint density at radius 3 is 1.36 bits per heavy atom. The van der Waals surface area contributed by atoms with Crippen LogP contribution in [-0.4, -0.2) is 56.2 Å². The molecule has 0 aromatic heterocycles. The molecule has 6 nitrogen and oxygen atoms in total. The molecule has 0 aliphatic carbocycles. The summed E-state index contributed by atoms with van der Waals surface area (Å²) in [5.41, 5.74) is 5.50. The molecule has 0 unspecified atom stereocenters. The van der Waals surface area contributed by atoms with E-state index in [9.17, 15) is 0 Å². The Morgan fingerprint density at radius 2 is 0.964 bits per heavy atom. The van der Waals surface area contributed by atoms with Gasteiger partial charge in [0.15, 0.2) is 0 Å². The number of hydrogen-bond donors (Lipinski definition) is 1. The van der Waals surface area contributed by atoms with Crippen molar-refractivity contribution in [1.82, 2.24) is 0 Å². The second kappa shape index (κ2) is 21.7. The first-order chi connectivity index (χ1) is 13.7. The van der Waals surface area contributed by atoms with E-state index in [2.05, 4.69) is 6.92 Å². The van der Waals surface area contributed by atoms with Crippen LogP contribution >= 0.6 is 0 Å². The van der Waals surface area contributed by atoms with Crippen molar-refractivity contribution in [1.29, 1.82) is 0 Å². The summed E-state index contributed by atoms with van der Waals surface area (Å²) >= 11 is 0. The highest BCUT2D eigenvalue weighted by molar-refractivity contribution is 6.53. The molecule has 0 radical (unpaired) electrons. The molecular formula is C21H47NO5Si. The van der Waals surface area contributed by atoms with E-state index >= 15 is 0 Å². The molecule has 0 saturated heterocycles. The number of rotatable bonds is 23. The molecule has 170 valence electrons. The van der Waals surface area contributed by atoms with Crippen molar-refractivity contribution in [3.8, 4) is 0 Å². The Labute approximate surface area is 175 Å². The van der Waals surface area contributed by atoms with E-state index in [1.165, 1.54) is 64.2 Å². The Kier molecular flexibility index (Phi) is 21.7. The lowest BCUT2D eigenvalue weighted by molar-refractivity contribution is -0.0104. The number of nitrogens with two attached hydrogens (primary N) is 1. The van der Waals surface area contributed by atoms with Gasteiger partial charge in [0.25, 0.3) is 0 Å². The zero-order valence-electron chi connectivity index (χ0n) is 18.8. The van der Waals surface area contributed by atoms with Crippen LogP contribution in [0.15, 0.2) is 0 Å². The van der Waals surface area contributed by atoms with Crippen LogP contribution in [0.4, 0.5) is 0 Å². The summed E-state index contributed by atoms with van der Waals surface area (Å²) in [5, 5.41) is 0. The highest BCUT2D eigenvalue weighted by Gasteiger charge is 2.43. The van der Waals surface area contributed by atoms with Crippen molar-refractivity contribution in [2.75, 3.05) is 47.2 Å². The highest BCUT2D eigenvalue weighted by atomic mass is 28.4. The largest absolute Gasteiger partial charge is 0.679 e. The van der Waals surface area contributed by atoms with Gasteiger partial charge in [-0.15, -0.1) is 0 Å². The molecule has 0 saturated carbocycles. The second-order valence-corrected chi connectivity index (χ2v) is 9.58. The molecule has 2 N–H and O–H groups in total. The van der Waals surface area contributed by atoms with Gasteiger partial charge in [0, 0.05) is 40.6 Å². The number of ether oxygens (including phenoxy) is 1. The van der Waals surface area contributed by atoms with Gasteiger partial charge >= 0.3 is 9.05 Å². The van der Waals surface area contributed by atoms with E-state index in [0.29, 0.717) is 19.8 Å². The van der Waals surface area contributed by atoms with Gasteiger partial charge in [0.2, 0.25) is 0 Å². The third-order valence-electron chi connectivity index (χ3n) is 4.79. The van der Waals surface area contributed by atoms with Crippen LogP contribution in [0.2, 0.25) is 0 Å². The SMILES string of the molecule is CCOCCCCCCCCCCCCCO[Si](OC)(OC)OCCCCN. The van der Waals surface area contributed by atoms with Crippen molar-refractivity contribution in [3.05, 3.63) is 0 Å². The third kappa shape index (κ3) is 16.9. The topological polar surface area (TPSA) is 72.2 Å². The molecule has 0 aromatic carbocycles. The summed E-state index contributed by atoms with van der Waals surface area (Å²) in [4.78, 5) is 0. The normalized spacial score (nSPS) is 12.0. The second-order valence-electron chi connectivity index (χ2n) is 7.19. The lowest BCUT2D eigenvalue weighted by Gasteiger charge is -2.25. The maximum absolute atomic E-state index is 5.85. The number of hydrogen-bond acceptors (Lipinski definition) is 6. The predicted octanol–water partition coefficient (Wildman–Crippen LogP) is 4.81. The lowest BCUT2D eigenvalue weighted by Crippen LogP contribution is -2.47. The van der Waals surface area contributed by atoms with Crippen LogP contribution in [0.1, 0.15) is 90.4 Å². The minimum Gasteiger partial charge on any atom is -0.382 e. The molecule has 0 heterocycles. The molecule has 0 aliphatic heterocycles. The van der Waals surface area contributed by atoms with E-state index in [1.807, 2.05) is 0 Å². The fraction of sp³-hybridized carbons (Fsp3) is 1.00. The Bertz CT molecular complexity index is 307. The van der Waals surface area contributed by atoms with Gasteiger partial charge in [-0.3, -0.25) is 0 Å². The summed E-state index contributed by atoms with van der Waals surface area (Å²) < 4.78 is 27.8. The van der Waals surface area contributed by atoms with Gasteiger partial charge in [-0.05, 0) is 39.2 Å². The molecule has 0 bridgehead atoms. The molecule has 0 atom stereocenters. The monoisotopic (exact) mass is 421 g/mol. The van der Waals surface area contributed by atoms with Crippen LogP contribution in [0, 0.1) is 0 Å². The Hall–Kier alpha value is -0.0231. The summed E-state index contributed by atoms with van der Waals surface area (Å²) in [5.74, 6) is 0. The fourth-order valence-corrected chi connectivity index (χ4v) is 4.55. The number of unbranched alkanes of at least 4 members (excludes halogenated alkanes) is 11. The van der Waals surface area contributed by atoms with Crippen LogP contribution < -0.4 is 5.73 Å². The molecule has 0 aromatic rings. The molecule has 0 rings (SSSR count). The van der Waals surface area contributed by atoms with Crippen LogP contribution in [0.3, 0.4) is 0 Å². The van der Waals surface area contributed by atoms with E-state index in [-0.39, 0.29) is 0 Å². The van der Waals surface area contributed by atoms with E-state index in [1.54, 1.807) is 14.2 Å². The zero-order valence-corrected chi connectivity index (χ0v) is 19.8. The summed E-state index contributed by atoms with van der Waals surface area (Å²) in [6.45, 7) is 5.70. The van der Waals surface area contributed by atoms with Crippen molar-refractivity contribution in [2.45, 2.75) is 90.4 Å². The minimum atomic E-state index is -2.95.